The molecule has 20 aromatic rings. The number of H-pyrrole nitrogens is 6. The average molecular weight is 1510 g/mol. The summed E-state index contributed by atoms with van der Waals surface area (Å²) in [5.41, 5.74) is 20.3. The first-order chi connectivity index (χ1) is 55.6. The van der Waals surface area contributed by atoms with E-state index in [0.717, 1.165) is 132 Å². The van der Waals surface area contributed by atoms with E-state index in [1.807, 2.05) is 244 Å². The second-order valence-electron chi connectivity index (χ2n) is 28.8. The lowest BCUT2D eigenvalue weighted by Gasteiger charge is -2.14. The number of hydrogen-bond acceptors (Lipinski definition) is 6. The summed E-state index contributed by atoms with van der Waals surface area (Å²) in [5, 5.41) is 30.5. The lowest BCUT2D eigenvalue weighted by atomic mass is 9.91. The maximum absolute atomic E-state index is 12.8. The van der Waals surface area contributed by atoms with E-state index in [2.05, 4.69) is 131 Å². The molecule has 114 heavy (non-hydrogen) atoms. The Bertz CT molecular complexity index is 6560. The van der Waals surface area contributed by atoms with Crippen LogP contribution in [0, 0.1) is 0 Å². The SMILES string of the molecule is CC(c1c[nH]c2ccccc12)c1c[nH]c2ccccc12.COC(=O)C(c1c[nH]c2ccccc12)c1c[nH]c2ccccc12.COC(=O)C(c1cn(C)c2ccccc12)c1cn(C)c2ccccc12.Cn1cc(C(C(=O)O)c2cn(C)c3ccccc23)c2ccccc21.O=C(O)C(c1c[nH]c2ccccc12)c1c[nH]c2ccccc12. The van der Waals surface area contributed by atoms with Crippen molar-refractivity contribution < 1.29 is 38.9 Å². The van der Waals surface area contributed by atoms with E-state index in [0.29, 0.717) is 5.92 Å². The lowest BCUT2D eigenvalue weighted by molar-refractivity contribution is -0.142. The van der Waals surface area contributed by atoms with Gasteiger partial charge in [0, 0.05) is 205 Å². The summed E-state index contributed by atoms with van der Waals surface area (Å²) >= 11 is 0. The van der Waals surface area contributed by atoms with E-state index in [-0.39, 0.29) is 11.9 Å². The molecule has 0 bridgehead atoms. The Kier molecular flexibility index (Phi) is 20.3. The van der Waals surface area contributed by atoms with E-state index in [1.165, 1.54) is 47.2 Å². The highest BCUT2D eigenvalue weighted by Crippen LogP contribution is 2.42. The van der Waals surface area contributed by atoms with Crippen molar-refractivity contribution in [3.8, 4) is 0 Å². The Morgan fingerprint density at radius 3 is 0.693 bits per heavy atom. The number of nitrogens with zero attached hydrogens (tertiary/aromatic N) is 4. The molecule has 0 saturated heterocycles. The summed E-state index contributed by atoms with van der Waals surface area (Å²) < 4.78 is 18.4. The minimum Gasteiger partial charge on any atom is -0.481 e. The molecule has 0 aliphatic rings. The summed E-state index contributed by atoms with van der Waals surface area (Å²) in [6, 6.07) is 80.6. The normalized spacial score (nSPS) is 11.5. The second kappa shape index (κ2) is 31.5. The fraction of sp³-hybridized carbons (Fsp3) is 0.125. The van der Waals surface area contributed by atoms with Gasteiger partial charge < -0.3 is 67.9 Å². The van der Waals surface area contributed by atoms with Crippen LogP contribution < -0.4 is 0 Å². The van der Waals surface area contributed by atoms with Gasteiger partial charge in [0.2, 0.25) is 0 Å². The first-order valence-electron chi connectivity index (χ1n) is 37.7. The number of esters is 2. The van der Waals surface area contributed by atoms with Gasteiger partial charge in [-0.15, -0.1) is 0 Å². The average Bonchev–Trinajstić information content (AvgIpc) is 1.62. The van der Waals surface area contributed by atoms with Crippen LogP contribution in [0.15, 0.2) is 305 Å². The summed E-state index contributed by atoms with van der Waals surface area (Å²) in [6.45, 7) is 2.27. The van der Waals surface area contributed by atoms with Gasteiger partial charge in [0.05, 0.1) is 14.2 Å². The van der Waals surface area contributed by atoms with E-state index >= 15 is 0 Å². The van der Waals surface area contributed by atoms with Crippen molar-refractivity contribution in [2.75, 3.05) is 14.2 Å². The summed E-state index contributed by atoms with van der Waals surface area (Å²) in [6.07, 6.45) is 19.6. The molecule has 0 saturated carbocycles. The van der Waals surface area contributed by atoms with E-state index in [1.54, 1.807) is 12.4 Å². The Labute approximate surface area is 655 Å². The Balaban J connectivity index is 0.000000108. The van der Waals surface area contributed by atoms with Crippen molar-refractivity contribution in [1.29, 1.82) is 0 Å². The number of fused-ring (bicyclic) bond motifs is 10. The van der Waals surface area contributed by atoms with Crippen molar-refractivity contribution in [2.45, 2.75) is 36.5 Å². The van der Waals surface area contributed by atoms with Gasteiger partial charge in [-0.05, 0) is 116 Å². The molecule has 10 aromatic carbocycles. The van der Waals surface area contributed by atoms with Gasteiger partial charge in [0.25, 0.3) is 0 Å². The number of rotatable bonds is 14. The van der Waals surface area contributed by atoms with E-state index in [9.17, 15) is 29.4 Å². The molecule has 0 radical (unpaired) electrons. The van der Waals surface area contributed by atoms with Crippen molar-refractivity contribution >= 4 is 133 Å². The van der Waals surface area contributed by atoms with Crippen LogP contribution in [0.1, 0.15) is 92.1 Å². The van der Waals surface area contributed by atoms with Crippen LogP contribution in [0.3, 0.4) is 0 Å². The number of carboxylic acid groups (broad SMARTS) is 2. The second-order valence-corrected chi connectivity index (χ2v) is 28.8. The number of aliphatic carboxylic acids is 2. The fourth-order valence-corrected chi connectivity index (χ4v) is 16.8. The molecule has 20 rings (SSSR count). The number of hydrogen-bond donors (Lipinski definition) is 8. The third-order valence-electron chi connectivity index (χ3n) is 22.2. The monoisotopic (exact) mass is 1500 g/mol. The van der Waals surface area contributed by atoms with Crippen LogP contribution in [0.25, 0.3) is 109 Å². The van der Waals surface area contributed by atoms with Crippen LogP contribution in [-0.2, 0) is 56.8 Å². The molecule has 10 aromatic heterocycles. The number of benzene rings is 10. The number of aryl methyl sites for hydroxylation is 4. The Morgan fingerprint density at radius 2 is 0.447 bits per heavy atom. The highest BCUT2D eigenvalue weighted by Gasteiger charge is 2.33. The fourth-order valence-electron chi connectivity index (χ4n) is 16.8. The zero-order valence-electron chi connectivity index (χ0n) is 63.9. The number of methoxy groups -OCH3 is 2. The standard InChI is InChI=1S/C21H20N2O2.C20H18N2O2.C19H16N2O2.C18H14N2O2.C18H16N2/c1-22-12-16(14-8-4-6-10-18(14)22)20(21(24)25-3)17-13-23(2)19-11-7-5-9-15(17)19;1-21-11-15(13-7-3-5-9-17(13)21)19(20(23)24)16-12-22(2)18-10-6-4-8-14(16)18;1-23-19(22)18(14-10-20-16-8-4-2-6-12(14)16)15-11-21-17-9-5-3-7-13(15)17;21-18(22)17(13-9-19-15-7-3-1-5-11(13)15)14-10-20-16-8-4-2-6-12(14)16;1-12(15-10-19-17-8-4-2-6-13(15)17)16-11-20-18-9-5-3-7-14(16)18/h4-13,20H,1-3H3;3-12,19H,1-2H3,(H,23,24);2-11,18,20-21H,1H3;1-10,17,19-20H,(H,21,22);2-12,19-20H,1H3. The minimum atomic E-state index is -0.852. The molecule has 0 fully saturated rings. The van der Waals surface area contributed by atoms with Gasteiger partial charge in [0.1, 0.15) is 23.7 Å². The van der Waals surface area contributed by atoms with Crippen molar-refractivity contribution in [3.05, 3.63) is 360 Å². The smallest absolute Gasteiger partial charge is 0.317 e. The number of carbonyl (C=O) groups is 4. The van der Waals surface area contributed by atoms with Gasteiger partial charge in [-0.25, -0.2) is 0 Å². The van der Waals surface area contributed by atoms with Crippen LogP contribution in [0.5, 0.6) is 0 Å². The molecular weight excluding hydrogens is 1420 g/mol. The quantitative estimate of drug-likeness (QED) is 0.0486. The molecule has 0 aliphatic carbocycles. The van der Waals surface area contributed by atoms with Crippen LogP contribution >= 0.6 is 0 Å². The van der Waals surface area contributed by atoms with Crippen molar-refractivity contribution in [2.24, 2.45) is 28.2 Å². The molecule has 18 heteroatoms. The molecule has 566 valence electrons. The number of para-hydroxylation sites is 10. The highest BCUT2D eigenvalue weighted by molar-refractivity contribution is 6.01. The van der Waals surface area contributed by atoms with Crippen LogP contribution in [-0.4, -0.2) is 96.5 Å². The van der Waals surface area contributed by atoms with Crippen LogP contribution in [0.2, 0.25) is 0 Å². The molecule has 0 atom stereocenters. The van der Waals surface area contributed by atoms with E-state index < -0.39 is 35.6 Å². The zero-order chi connectivity index (χ0) is 78.8. The van der Waals surface area contributed by atoms with Gasteiger partial charge in [0.15, 0.2) is 0 Å². The maximum Gasteiger partial charge on any atom is 0.317 e. The van der Waals surface area contributed by atoms with Crippen LogP contribution in [0.4, 0.5) is 0 Å². The summed E-state index contributed by atoms with van der Waals surface area (Å²) in [7, 11) is 10.8. The molecule has 0 amide bonds. The first-order valence-corrected chi connectivity index (χ1v) is 37.7. The summed E-state index contributed by atoms with van der Waals surface area (Å²) in [4.78, 5) is 69.0. The number of carboxylic acids is 2. The number of carbonyl (C=O) groups excluding carboxylic acids is 2. The predicted octanol–water partition coefficient (Wildman–Crippen LogP) is 20.5. The number of aromatic amines is 6. The first kappa shape index (κ1) is 73.6. The number of aromatic nitrogens is 10. The maximum atomic E-state index is 12.8. The largest absolute Gasteiger partial charge is 0.481 e. The van der Waals surface area contributed by atoms with E-state index in [4.69, 9.17) is 9.47 Å². The van der Waals surface area contributed by atoms with Gasteiger partial charge in [-0.2, -0.15) is 0 Å². The molecule has 8 N–H and O–H groups in total. The number of ether oxygens (including phenoxy) is 2. The van der Waals surface area contributed by atoms with Gasteiger partial charge in [-0.3, -0.25) is 19.2 Å². The molecule has 0 spiro atoms. The highest BCUT2D eigenvalue weighted by atomic mass is 16.5. The lowest BCUT2D eigenvalue weighted by Crippen LogP contribution is -2.15. The summed E-state index contributed by atoms with van der Waals surface area (Å²) in [5.74, 6) is -4.14. The molecule has 0 unspecified atom stereocenters. The third kappa shape index (κ3) is 13.7. The molecule has 10 heterocycles. The zero-order valence-corrected chi connectivity index (χ0v) is 63.9. The Hall–Kier alpha value is -14.5. The van der Waals surface area contributed by atoms with Gasteiger partial charge >= 0.3 is 23.9 Å². The Morgan fingerprint density at radius 1 is 0.263 bits per heavy atom. The predicted molar refractivity (Wildman–Crippen MR) is 456 cm³/mol. The molecule has 18 nitrogen and oxygen atoms in total. The topological polar surface area (TPSA) is 242 Å². The minimum absolute atomic E-state index is 0.243. The third-order valence-corrected chi connectivity index (χ3v) is 22.2. The molecular formula is C96H84N10O8. The molecule has 0 aliphatic heterocycles. The van der Waals surface area contributed by atoms with Crippen molar-refractivity contribution in [1.82, 2.24) is 48.2 Å². The van der Waals surface area contributed by atoms with Gasteiger partial charge in [-0.1, -0.05) is 189 Å². The van der Waals surface area contributed by atoms with Crippen molar-refractivity contribution in [3.63, 3.8) is 0 Å². The number of nitrogens with one attached hydrogen (secondary N) is 6.